The molecule has 3 unspecified atom stereocenters. The topological polar surface area (TPSA) is 49.4 Å². The molecule has 0 aliphatic heterocycles. The molecule has 0 radical (unpaired) electrons. The average molecular weight is 456 g/mol. The summed E-state index contributed by atoms with van der Waals surface area (Å²) < 4.78 is 22.6. The Morgan fingerprint density at radius 2 is 1.21 bits per heavy atom. The molecule has 0 aromatic rings. The van der Waals surface area contributed by atoms with Gasteiger partial charge in [0.15, 0.2) is 12.6 Å². The summed E-state index contributed by atoms with van der Waals surface area (Å²) in [5.41, 5.74) is 0. The minimum absolute atomic E-state index is 0.0455. The van der Waals surface area contributed by atoms with E-state index in [0.29, 0.717) is 32.5 Å². The van der Waals surface area contributed by atoms with Gasteiger partial charge in [0.05, 0.1) is 6.61 Å². The first-order valence-corrected chi connectivity index (χ1v) is 14.2. The Hall–Kier alpha value is 0.620. The second-order valence-electron chi connectivity index (χ2n) is 6.70. The Bertz CT molecular complexity index is 330. The smallest absolute Gasteiger partial charge is 0.161 e. The highest BCUT2D eigenvalue weighted by molar-refractivity contribution is 7.38. The molecule has 0 heterocycles. The van der Waals surface area contributed by atoms with Crippen LogP contribution in [0.4, 0.5) is 0 Å². The van der Waals surface area contributed by atoms with Crippen molar-refractivity contribution in [1.29, 1.82) is 0 Å². The van der Waals surface area contributed by atoms with E-state index in [1.165, 1.54) is 6.16 Å². The van der Waals surface area contributed by atoms with Crippen LogP contribution >= 0.6 is 17.2 Å². The fourth-order valence-electron chi connectivity index (χ4n) is 2.78. The van der Waals surface area contributed by atoms with Gasteiger partial charge in [-0.3, -0.25) is 4.84 Å². The molecule has 0 rings (SSSR count). The summed E-state index contributed by atoms with van der Waals surface area (Å²) >= 11 is 0. The fraction of sp³-hybridized carbons (Fsp3) is 1.00. The third-order valence-corrected chi connectivity index (χ3v) is 6.70. The highest BCUT2D eigenvalue weighted by atomic mass is 31.1. The number of hydrogen-bond donors (Lipinski definition) is 0. The van der Waals surface area contributed by atoms with Crippen molar-refractivity contribution in [1.82, 2.24) is 5.06 Å². The third-order valence-electron chi connectivity index (χ3n) is 4.23. The number of hydroxylamine groups is 2. The van der Waals surface area contributed by atoms with E-state index in [0.717, 1.165) is 61.6 Å². The molecule has 0 fully saturated rings. The molecule has 0 aliphatic rings. The predicted octanol–water partition coefficient (Wildman–Crippen LogP) is 4.56. The summed E-state index contributed by atoms with van der Waals surface area (Å²) in [6.07, 6.45) is 6.32. The van der Waals surface area contributed by atoms with Gasteiger partial charge in [-0.2, -0.15) is 5.06 Å². The maximum atomic E-state index is 6.04. The second kappa shape index (κ2) is 21.8. The van der Waals surface area contributed by atoms with Crippen molar-refractivity contribution in [3.63, 3.8) is 0 Å². The summed E-state index contributed by atoms with van der Waals surface area (Å²) in [5, 5.41) is 2.19. The maximum absolute atomic E-state index is 6.04. The lowest BCUT2D eigenvalue weighted by Crippen LogP contribution is -2.36. The lowest BCUT2D eigenvalue weighted by atomic mass is 10.2. The SMILES string of the molecule is CCCON(CCPCC(OCC)OCC)C(C)CCPCC(OCC)OCC. The monoisotopic (exact) mass is 455 g/mol. The minimum atomic E-state index is -0.0596. The van der Waals surface area contributed by atoms with Crippen molar-refractivity contribution in [3.05, 3.63) is 0 Å². The van der Waals surface area contributed by atoms with Gasteiger partial charge >= 0.3 is 0 Å². The lowest BCUT2D eigenvalue weighted by molar-refractivity contribution is -0.179. The molecule has 0 bridgehead atoms. The molecule has 0 saturated heterocycles. The third kappa shape index (κ3) is 16.9. The van der Waals surface area contributed by atoms with Crippen molar-refractivity contribution in [3.8, 4) is 0 Å². The van der Waals surface area contributed by atoms with E-state index in [9.17, 15) is 0 Å². The zero-order valence-corrected chi connectivity index (χ0v) is 21.7. The van der Waals surface area contributed by atoms with Gasteiger partial charge in [-0.1, -0.05) is 6.92 Å². The van der Waals surface area contributed by atoms with Crippen LogP contribution in [0.2, 0.25) is 0 Å². The van der Waals surface area contributed by atoms with Gasteiger partial charge in [0.25, 0.3) is 0 Å². The first-order chi connectivity index (χ1) is 14.1. The van der Waals surface area contributed by atoms with Crippen molar-refractivity contribution in [2.24, 2.45) is 0 Å². The number of nitrogens with zero attached hydrogens (tertiary/aromatic N) is 1. The zero-order chi connectivity index (χ0) is 21.7. The Kier molecular flexibility index (Phi) is 22.3. The molecular formula is C21H47NO5P2. The quantitative estimate of drug-likeness (QED) is 0.103. The van der Waals surface area contributed by atoms with E-state index in [1.54, 1.807) is 0 Å². The summed E-state index contributed by atoms with van der Waals surface area (Å²) in [4.78, 5) is 6.04. The van der Waals surface area contributed by atoms with E-state index in [1.807, 2.05) is 27.7 Å². The van der Waals surface area contributed by atoms with Crippen molar-refractivity contribution < 1.29 is 23.8 Å². The minimum Gasteiger partial charge on any atom is -0.353 e. The molecular weight excluding hydrogens is 408 g/mol. The van der Waals surface area contributed by atoms with Gasteiger partial charge in [-0.15, -0.1) is 17.2 Å². The predicted molar refractivity (Wildman–Crippen MR) is 127 cm³/mol. The lowest BCUT2D eigenvalue weighted by Gasteiger charge is -2.28. The Labute approximate surface area is 183 Å². The van der Waals surface area contributed by atoms with Crippen molar-refractivity contribution in [2.75, 3.05) is 64.2 Å². The van der Waals surface area contributed by atoms with Crippen LogP contribution in [0.15, 0.2) is 0 Å². The van der Waals surface area contributed by atoms with E-state index in [2.05, 4.69) is 18.9 Å². The molecule has 0 amide bonds. The Morgan fingerprint density at radius 3 is 1.66 bits per heavy atom. The summed E-state index contributed by atoms with van der Waals surface area (Å²) in [6, 6.07) is 0.422. The molecule has 0 aromatic heterocycles. The van der Waals surface area contributed by atoms with Crippen LogP contribution in [0.1, 0.15) is 54.4 Å². The van der Waals surface area contributed by atoms with E-state index >= 15 is 0 Å². The normalized spacial score (nSPS) is 14.0. The van der Waals surface area contributed by atoms with Gasteiger partial charge in [0.2, 0.25) is 0 Å². The first-order valence-electron chi connectivity index (χ1n) is 11.4. The first kappa shape index (κ1) is 29.6. The van der Waals surface area contributed by atoms with Crippen LogP contribution in [-0.4, -0.2) is 87.9 Å². The van der Waals surface area contributed by atoms with Crippen LogP contribution < -0.4 is 0 Å². The van der Waals surface area contributed by atoms with Gasteiger partial charge in [0, 0.05) is 51.3 Å². The van der Waals surface area contributed by atoms with Gasteiger partial charge < -0.3 is 18.9 Å². The van der Waals surface area contributed by atoms with Gasteiger partial charge in [0.1, 0.15) is 0 Å². The van der Waals surface area contributed by atoms with E-state index < -0.39 is 0 Å². The Balaban J connectivity index is 4.21. The van der Waals surface area contributed by atoms with Crippen LogP contribution in [0.5, 0.6) is 0 Å². The molecule has 6 nitrogen and oxygen atoms in total. The number of rotatable bonds is 22. The van der Waals surface area contributed by atoms with Gasteiger partial charge in [-0.25, -0.2) is 0 Å². The van der Waals surface area contributed by atoms with E-state index in [4.69, 9.17) is 23.8 Å². The van der Waals surface area contributed by atoms with Crippen LogP contribution in [0.25, 0.3) is 0 Å². The molecule has 0 N–H and O–H groups in total. The maximum Gasteiger partial charge on any atom is 0.161 e. The average Bonchev–Trinajstić information content (AvgIpc) is 2.71. The number of ether oxygens (including phenoxy) is 4. The summed E-state index contributed by atoms with van der Waals surface area (Å²) in [5.74, 6) is 0. The summed E-state index contributed by atoms with van der Waals surface area (Å²) in [7, 11) is 1.67. The molecule has 0 spiro atoms. The van der Waals surface area contributed by atoms with Crippen LogP contribution in [0, 0.1) is 0 Å². The van der Waals surface area contributed by atoms with Crippen LogP contribution in [0.3, 0.4) is 0 Å². The molecule has 29 heavy (non-hydrogen) atoms. The Morgan fingerprint density at radius 1 is 0.724 bits per heavy atom. The molecule has 0 aromatic carbocycles. The van der Waals surface area contributed by atoms with Gasteiger partial charge in [-0.05, 0) is 59.8 Å². The highest BCUT2D eigenvalue weighted by Crippen LogP contribution is 2.20. The molecule has 0 aliphatic carbocycles. The summed E-state index contributed by atoms with van der Waals surface area (Å²) in [6.45, 7) is 17.1. The van der Waals surface area contributed by atoms with E-state index in [-0.39, 0.29) is 12.6 Å². The van der Waals surface area contributed by atoms with Crippen molar-refractivity contribution >= 4 is 17.2 Å². The fourth-order valence-corrected chi connectivity index (χ4v) is 5.13. The molecule has 8 heteroatoms. The zero-order valence-electron chi connectivity index (χ0n) is 19.7. The molecule has 3 atom stereocenters. The number of hydrogen-bond acceptors (Lipinski definition) is 6. The second-order valence-corrected chi connectivity index (χ2v) is 9.52. The largest absolute Gasteiger partial charge is 0.353 e. The van der Waals surface area contributed by atoms with Crippen molar-refractivity contribution in [2.45, 2.75) is 73.0 Å². The highest BCUT2D eigenvalue weighted by Gasteiger charge is 2.16. The van der Waals surface area contributed by atoms with Crippen LogP contribution in [-0.2, 0) is 23.8 Å². The standard InChI is InChI=1S/C21H47NO5P2/c1-7-14-27-22(13-16-29-18-21(25-10-4)26-11-5)19(6)12-15-28-17-20(23-8-2)24-9-3/h19-21,28-29H,7-18H2,1-6H3. The molecule has 176 valence electrons. The molecule has 0 saturated carbocycles.